The molecule has 170 valence electrons. The van der Waals surface area contributed by atoms with Crippen molar-refractivity contribution in [2.45, 2.75) is 5.16 Å². The smallest absolute Gasteiger partial charge is 0.269 e. The molecule has 4 aromatic rings. The van der Waals surface area contributed by atoms with Crippen molar-refractivity contribution in [1.82, 2.24) is 25.6 Å². The predicted molar refractivity (Wildman–Crippen MR) is 126 cm³/mol. The van der Waals surface area contributed by atoms with E-state index in [1.807, 2.05) is 59.2 Å². The Morgan fingerprint density at radius 1 is 0.882 bits per heavy atom. The molecule has 1 aliphatic heterocycles. The van der Waals surface area contributed by atoms with Crippen molar-refractivity contribution in [2.24, 2.45) is 0 Å². The van der Waals surface area contributed by atoms with Gasteiger partial charge in [-0.25, -0.2) is 0 Å². The van der Waals surface area contributed by atoms with Crippen molar-refractivity contribution >= 4 is 23.6 Å². The van der Waals surface area contributed by atoms with Crippen LogP contribution in [0.5, 0.6) is 11.5 Å². The van der Waals surface area contributed by atoms with Crippen LogP contribution in [0, 0.1) is 0 Å². The second-order valence-electron chi connectivity index (χ2n) is 7.20. The van der Waals surface area contributed by atoms with Crippen LogP contribution in [0.2, 0.25) is 0 Å². The minimum atomic E-state index is -0.392. The number of ether oxygens (including phenoxy) is 2. The van der Waals surface area contributed by atoms with Gasteiger partial charge in [-0.1, -0.05) is 48.2 Å². The molecule has 0 aliphatic carbocycles. The van der Waals surface area contributed by atoms with Crippen LogP contribution < -0.4 is 20.3 Å². The first-order valence-corrected chi connectivity index (χ1v) is 11.4. The van der Waals surface area contributed by atoms with Crippen molar-refractivity contribution in [2.75, 3.05) is 12.5 Å². The lowest BCUT2D eigenvalue weighted by molar-refractivity contribution is -0.119. The highest BCUT2D eigenvalue weighted by molar-refractivity contribution is 7.99. The van der Waals surface area contributed by atoms with E-state index >= 15 is 0 Å². The van der Waals surface area contributed by atoms with Crippen LogP contribution in [0.3, 0.4) is 0 Å². The maximum atomic E-state index is 12.4. The van der Waals surface area contributed by atoms with Crippen LogP contribution in [0.4, 0.5) is 0 Å². The number of carbonyl (C=O) groups excluding carboxylic acids is 2. The van der Waals surface area contributed by atoms with Gasteiger partial charge >= 0.3 is 0 Å². The molecular weight excluding hydrogens is 454 g/mol. The third-order valence-corrected chi connectivity index (χ3v) is 5.89. The van der Waals surface area contributed by atoms with Crippen LogP contribution in [0.15, 0.2) is 84.0 Å². The molecule has 9 nitrogen and oxygen atoms in total. The van der Waals surface area contributed by atoms with E-state index in [9.17, 15) is 9.59 Å². The average molecular weight is 474 g/mol. The quantitative estimate of drug-likeness (QED) is 0.327. The van der Waals surface area contributed by atoms with Gasteiger partial charge in [0.25, 0.3) is 5.91 Å². The zero-order chi connectivity index (χ0) is 23.3. The van der Waals surface area contributed by atoms with Gasteiger partial charge in [0.2, 0.25) is 12.7 Å². The second-order valence-corrected chi connectivity index (χ2v) is 8.14. The average Bonchev–Trinajstić information content (AvgIpc) is 3.53. The van der Waals surface area contributed by atoms with Gasteiger partial charge in [-0.05, 0) is 42.5 Å². The third kappa shape index (κ3) is 4.57. The lowest BCUT2D eigenvalue weighted by Gasteiger charge is -2.11. The highest BCUT2D eigenvalue weighted by Crippen LogP contribution is 2.37. The zero-order valence-electron chi connectivity index (χ0n) is 17.8. The fourth-order valence-corrected chi connectivity index (χ4v) is 4.10. The monoisotopic (exact) mass is 473 g/mol. The highest BCUT2D eigenvalue weighted by atomic mass is 32.2. The molecule has 3 aromatic carbocycles. The molecule has 0 radical (unpaired) electrons. The first kappa shape index (κ1) is 21.5. The number of carbonyl (C=O) groups is 2. The van der Waals surface area contributed by atoms with E-state index in [-0.39, 0.29) is 18.5 Å². The summed E-state index contributed by atoms with van der Waals surface area (Å²) in [4.78, 5) is 24.5. The number of aromatic nitrogens is 3. The molecule has 1 aromatic heterocycles. The molecule has 2 heterocycles. The van der Waals surface area contributed by atoms with Crippen molar-refractivity contribution in [3.8, 4) is 28.6 Å². The number of thioether (sulfide) groups is 1. The van der Waals surface area contributed by atoms with Gasteiger partial charge in [0.05, 0.1) is 5.75 Å². The summed E-state index contributed by atoms with van der Waals surface area (Å²) in [6, 6.07) is 23.8. The SMILES string of the molecule is O=C(CSc1nnc(-c2ccc3c(c2)OCO3)n1-c1ccccc1)NNC(=O)c1ccccc1. The van der Waals surface area contributed by atoms with Crippen LogP contribution >= 0.6 is 11.8 Å². The summed E-state index contributed by atoms with van der Waals surface area (Å²) >= 11 is 1.21. The Kier molecular flexibility index (Phi) is 6.13. The lowest BCUT2D eigenvalue weighted by Crippen LogP contribution is -2.42. The molecule has 2 N–H and O–H groups in total. The number of rotatable bonds is 6. The van der Waals surface area contributed by atoms with Gasteiger partial charge in [0.1, 0.15) is 0 Å². The summed E-state index contributed by atoms with van der Waals surface area (Å²) in [5.74, 6) is 1.19. The molecular formula is C24H19N5O4S. The molecule has 5 rings (SSSR count). The van der Waals surface area contributed by atoms with E-state index in [0.717, 1.165) is 11.3 Å². The maximum absolute atomic E-state index is 12.4. The molecule has 0 fully saturated rings. The fourth-order valence-electron chi connectivity index (χ4n) is 3.35. The Balaban J connectivity index is 1.33. The largest absolute Gasteiger partial charge is 0.454 e. The summed E-state index contributed by atoms with van der Waals surface area (Å²) in [5, 5.41) is 9.22. The number of hydrogen-bond acceptors (Lipinski definition) is 7. The van der Waals surface area contributed by atoms with Gasteiger partial charge < -0.3 is 9.47 Å². The number of nitrogens with zero attached hydrogens (tertiary/aromatic N) is 3. The van der Waals surface area contributed by atoms with Gasteiger partial charge in [-0.3, -0.25) is 25.0 Å². The molecule has 0 bridgehead atoms. The van der Waals surface area contributed by atoms with Crippen molar-refractivity contribution in [1.29, 1.82) is 0 Å². The van der Waals surface area contributed by atoms with E-state index in [4.69, 9.17) is 9.47 Å². The Morgan fingerprint density at radius 2 is 1.62 bits per heavy atom. The third-order valence-electron chi connectivity index (χ3n) is 4.96. The molecule has 34 heavy (non-hydrogen) atoms. The van der Waals surface area contributed by atoms with E-state index in [2.05, 4.69) is 21.0 Å². The van der Waals surface area contributed by atoms with Gasteiger partial charge in [0, 0.05) is 16.8 Å². The van der Waals surface area contributed by atoms with Crippen molar-refractivity contribution in [3.63, 3.8) is 0 Å². The normalized spacial score (nSPS) is 11.8. The molecule has 2 amide bonds. The van der Waals surface area contributed by atoms with E-state index < -0.39 is 5.91 Å². The van der Waals surface area contributed by atoms with Crippen molar-refractivity contribution in [3.05, 3.63) is 84.4 Å². The van der Waals surface area contributed by atoms with Crippen LogP contribution in [-0.2, 0) is 4.79 Å². The summed E-state index contributed by atoms with van der Waals surface area (Å²) in [6.45, 7) is 0.182. The Morgan fingerprint density at radius 3 is 2.41 bits per heavy atom. The second kappa shape index (κ2) is 9.67. The number of hydrogen-bond donors (Lipinski definition) is 2. The standard InChI is InChI=1S/C24H19N5O4S/c30-21(25-27-23(31)16-7-3-1-4-8-16)14-34-24-28-26-22(29(24)18-9-5-2-6-10-18)17-11-12-19-20(13-17)33-15-32-19/h1-13H,14-15H2,(H,25,30)(H,27,31). The fraction of sp³-hybridized carbons (Fsp3) is 0.0833. The van der Waals surface area contributed by atoms with Gasteiger partial charge in [0.15, 0.2) is 22.5 Å². The number of benzene rings is 3. The number of hydrazine groups is 1. The molecule has 0 atom stereocenters. The van der Waals surface area contributed by atoms with Gasteiger partial charge in [-0.2, -0.15) is 0 Å². The molecule has 10 heteroatoms. The van der Waals surface area contributed by atoms with E-state index in [1.165, 1.54) is 11.8 Å². The summed E-state index contributed by atoms with van der Waals surface area (Å²) in [7, 11) is 0. The van der Waals surface area contributed by atoms with E-state index in [1.54, 1.807) is 24.3 Å². The summed E-state index contributed by atoms with van der Waals surface area (Å²) in [5.41, 5.74) is 6.94. The highest BCUT2D eigenvalue weighted by Gasteiger charge is 2.20. The van der Waals surface area contributed by atoms with Crippen LogP contribution in [0.25, 0.3) is 17.1 Å². The maximum Gasteiger partial charge on any atom is 0.269 e. The Bertz CT molecular complexity index is 1330. The summed E-state index contributed by atoms with van der Waals surface area (Å²) < 4.78 is 12.8. The minimum Gasteiger partial charge on any atom is -0.454 e. The molecule has 0 saturated heterocycles. The Labute approximate surface area is 199 Å². The van der Waals surface area contributed by atoms with Crippen LogP contribution in [0.1, 0.15) is 10.4 Å². The van der Waals surface area contributed by atoms with E-state index in [0.29, 0.717) is 28.0 Å². The summed E-state index contributed by atoms with van der Waals surface area (Å²) in [6.07, 6.45) is 0. The topological polar surface area (TPSA) is 107 Å². The van der Waals surface area contributed by atoms with Crippen LogP contribution in [-0.4, -0.2) is 39.1 Å². The van der Waals surface area contributed by atoms with Crippen molar-refractivity contribution < 1.29 is 19.1 Å². The molecule has 0 spiro atoms. The number of fused-ring (bicyclic) bond motifs is 1. The zero-order valence-corrected chi connectivity index (χ0v) is 18.6. The Hall–Kier alpha value is -4.31. The first-order chi connectivity index (χ1) is 16.7. The molecule has 0 saturated carbocycles. The number of para-hydroxylation sites is 1. The predicted octanol–water partition coefficient (Wildman–Crippen LogP) is 3.22. The number of amides is 2. The first-order valence-electron chi connectivity index (χ1n) is 10.4. The lowest BCUT2D eigenvalue weighted by atomic mass is 10.2. The number of nitrogens with one attached hydrogen (secondary N) is 2. The molecule has 0 unspecified atom stereocenters. The minimum absolute atomic E-state index is 0.0289. The molecule has 1 aliphatic rings. The van der Waals surface area contributed by atoms with Gasteiger partial charge in [-0.15, -0.1) is 10.2 Å².